The van der Waals surface area contributed by atoms with Gasteiger partial charge in [-0.1, -0.05) is 12.1 Å². The number of rotatable bonds is 4. The molecule has 0 bridgehead atoms. The molecule has 0 spiro atoms. The highest BCUT2D eigenvalue weighted by molar-refractivity contribution is 7.15. The number of carbonyl (C=O) groups is 2. The molecule has 0 saturated carbocycles. The monoisotopic (exact) mass is 329 g/mol. The third kappa shape index (κ3) is 3.15. The largest absolute Gasteiger partial charge is 0.497 e. The van der Waals surface area contributed by atoms with E-state index in [1.807, 2.05) is 29.2 Å². The zero-order chi connectivity index (χ0) is 16.4. The van der Waals surface area contributed by atoms with Crippen molar-refractivity contribution >= 4 is 23.0 Å². The summed E-state index contributed by atoms with van der Waals surface area (Å²) in [6.07, 6.45) is 1.95. The number of ketones is 1. The molecule has 0 N–H and O–H groups in total. The minimum atomic E-state index is 0.00202. The van der Waals surface area contributed by atoms with Crippen LogP contribution in [0.15, 0.2) is 36.4 Å². The van der Waals surface area contributed by atoms with Crippen LogP contribution in [0.3, 0.4) is 0 Å². The van der Waals surface area contributed by atoms with Gasteiger partial charge in [0.15, 0.2) is 5.78 Å². The summed E-state index contributed by atoms with van der Waals surface area (Å²) in [4.78, 5) is 27.4. The summed E-state index contributed by atoms with van der Waals surface area (Å²) in [5.41, 5.74) is 1.12. The number of methoxy groups -OCH3 is 1. The molecule has 120 valence electrons. The predicted octanol–water partition coefficient (Wildman–Crippen LogP) is 3.94. The van der Waals surface area contributed by atoms with Crippen LogP contribution in [0.4, 0.5) is 0 Å². The predicted molar refractivity (Wildman–Crippen MR) is 90.3 cm³/mol. The van der Waals surface area contributed by atoms with Gasteiger partial charge in [-0.2, -0.15) is 0 Å². The number of benzene rings is 1. The molecule has 1 fully saturated rings. The van der Waals surface area contributed by atoms with Gasteiger partial charge in [0, 0.05) is 6.54 Å². The Kier molecular flexibility index (Phi) is 4.48. The van der Waals surface area contributed by atoms with E-state index in [1.54, 1.807) is 19.2 Å². The molecule has 0 aliphatic carbocycles. The first kappa shape index (κ1) is 15.7. The highest BCUT2D eigenvalue weighted by Crippen LogP contribution is 2.34. The van der Waals surface area contributed by atoms with E-state index in [0.717, 1.165) is 30.7 Å². The van der Waals surface area contributed by atoms with Crippen molar-refractivity contribution in [3.8, 4) is 5.75 Å². The average molecular weight is 329 g/mol. The van der Waals surface area contributed by atoms with E-state index in [4.69, 9.17) is 4.74 Å². The molecule has 2 heterocycles. The van der Waals surface area contributed by atoms with Crippen molar-refractivity contribution in [3.05, 3.63) is 51.7 Å². The summed E-state index contributed by atoms with van der Waals surface area (Å²) in [6, 6.07) is 11.5. The second-order valence-corrected chi connectivity index (χ2v) is 6.73. The molecule has 4 nitrogen and oxygen atoms in total. The fraction of sp³-hybridized carbons (Fsp3) is 0.333. The van der Waals surface area contributed by atoms with Crippen LogP contribution in [-0.4, -0.2) is 30.2 Å². The molecule has 1 amide bonds. The van der Waals surface area contributed by atoms with Crippen molar-refractivity contribution in [3.63, 3.8) is 0 Å². The molecule has 23 heavy (non-hydrogen) atoms. The molecule has 0 radical (unpaired) electrons. The van der Waals surface area contributed by atoms with Gasteiger partial charge in [-0.3, -0.25) is 9.59 Å². The van der Waals surface area contributed by atoms with Crippen molar-refractivity contribution in [2.75, 3.05) is 13.7 Å². The van der Waals surface area contributed by atoms with Crippen molar-refractivity contribution in [1.29, 1.82) is 0 Å². The van der Waals surface area contributed by atoms with Crippen LogP contribution >= 0.6 is 11.3 Å². The van der Waals surface area contributed by atoms with Gasteiger partial charge in [0.2, 0.25) is 0 Å². The molecule has 1 aromatic heterocycles. The Morgan fingerprint density at radius 2 is 1.83 bits per heavy atom. The van der Waals surface area contributed by atoms with E-state index in [1.165, 1.54) is 18.3 Å². The lowest BCUT2D eigenvalue weighted by molar-refractivity contribution is 0.0740. The minimum Gasteiger partial charge on any atom is -0.497 e. The van der Waals surface area contributed by atoms with Crippen molar-refractivity contribution in [2.24, 2.45) is 0 Å². The van der Waals surface area contributed by atoms with Crippen LogP contribution in [0.5, 0.6) is 5.75 Å². The third-order valence-corrected chi connectivity index (χ3v) is 5.35. The summed E-state index contributed by atoms with van der Waals surface area (Å²) in [5, 5.41) is 0. The summed E-state index contributed by atoms with van der Waals surface area (Å²) < 4.78 is 5.19. The number of amides is 1. The number of thiophene rings is 1. The lowest BCUT2D eigenvalue weighted by Gasteiger charge is -2.24. The van der Waals surface area contributed by atoms with Crippen LogP contribution in [0.2, 0.25) is 0 Å². The first-order chi connectivity index (χ1) is 11.1. The van der Waals surface area contributed by atoms with Crippen LogP contribution < -0.4 is 4.74 Å². The lowest BCUT2D eigenvalue weighted by Crippen LogP contribution is -2.29. The first-order valence-electron chi connectivity index (χ1n) is 7.66. The van der Waals surface area contributed by atoms with E-state index in [9.17, 15) is 9.59 Å². The summed E-state index contributed by atoms with van der Waals surface area (Å²) in [6.45, 7) is 2.28. The normalized spacial score (nSPS) is 17.3. The van der Waals surface area contributed by atoms with Crippen molar-refractivity contribution in [1.82, 2.24) is 4.90 Å². The third-order valence-electron chi connectivity index (χ3n) is 4.18. The Morgan fingerprint density at radius 1 is 1.13 bits per heavy atom. The number of hydrogen-bond acceptors (Lipinski definition) is 4. The molecule has 1 aliphatic rings. The highest BCUT2D eigenvalue weighted by Gasteiger charge is 2.31. The van der Waals surface area contributed by atoms with Gasteiger partial charge in [0.25, 0.3) is 5.91 Å². The van der Waals surface area contributed by atoms with Gasteiger partial charge in [-0.25, -0.2) is 0 Å². The molecular weight excluding hydrogens is 310 g/mol. The molecule has 1 saturated heterocycles. The van der Waals surface area contributed by atoms with Crippen LogP contribution in [0.1, 0.15) is 50.7 Å². The van der Waals surface area contributed by atoms with E-state index < -0.39 is 0 Å². The van der Waals surface area contributed by atoms with Gasteiger partial charge in [0.1, 0.15) is 5.75 Å². The lowest BCUT2D eigenvalue weighted by atomic mass is 10.0. The van der Waals surface area contributed by atoms with Crippen LogP contribution in [0, 0.1) is 0 Å². The molecule has 2 aromatic rings. The van der Waals surface area contributed by atoms with Crippen LogP contribution in [-0.2, 0) is 0 Å². The second kappa shape index (κ2) is 6.54. The molecule has 0 unspecified atom stereocenters. The molecule has 1 aromatic carbocycles. The number of carbonyl (C=O) groups excluding carboxylic acids is 2. The Balaban J connectivity index is 1.82. The van der Waals surface area contributed by atoms with Gasteiger partial charge >= 0.3 is 0 Å². The summed E-state index contributed by atoms with van der Waals surface area (Å²) >= 11 is 1.28. The zero-order valence-corrected chi connectivity index (χ0v) is 14.1. The maximum absolute atomic E-state index is 12.8. The Bertz CT molecular complexity index is 720. The average Bonchev–Trinajstić information content (AvgIpc) is 3.23. The van der Waals surface area contributed by atoms with E-state index in [0.29, 0.717) is 9.75 Å². The summed E-state index contributed by atoms with van der Waals surface area (Å²) in [7, 11) is 1.64. The van der Waals surface area contributed by atoms with Gasteiger partial charge < -0.3 is 9.64 Å². The van der Waals surface area contributed by atoms with Crippen molar-refractivity contribution < 1.29 is 14.3 Å². The Labute approximate surface area is 139 Å². The van der Waals surface area contributed by atoms with Gasteiger partial charge in [-0.05, 0) is 49.6 Å². The minimum absolute atomic E-state index is 0.00202. The molecule has 5 heteroatoms. The van der Waals surface area contributed by atoms with E-state index in [-0.39, 0.29) is 17.7 Å². The summed E-state index contributed by atoms with van der Waals surface area (Å²) in [5.74, 6) is 0.831. The topological polar surface area (TPSA) is 46.6 Å². The molecule has 1 aliphatic heterocycles. The molecular formula is C18H19NO3S. The number of Topliss-reactive ketones (excluding diaryl/α,β-unsaturated/α-hetero) is 1. The number of hydrogen-bond donors (Lipinski definition) is 0. The number of likely N-dealkylation sites (tertiary alicyclic amines) is 1. The van der Waals surface area contributed by atoms with E-state index in [2.05, 4.69) is 0 Å². The van der Waals surface area contributed by atoms with Gasteiger partial charge in [0.05, 0.1) is 22.9 Å². The van der Waals surface area contributed by atoms with Gasteiger partial charge in [-0.15, -0.1) is 11.3 Å². The second-order valence-electron chi connectivity index (χ2n) is 5.65. The Morgan fingerprint density at radius 3 is 2.43 bits per heavy atom. The number of nitrogens with zero attached hydrogens (tertiary/aromatic N) is 1. The first-order valence-corrected chi connectivity index (χ1v) is 8.47. The van der Waals surface area contributed by atoms with E-state index >= 15 is 0 Å². The zero-order valence-electron chi connectivity index (χ0n) is 13.2. The Hall–Kier alpha value is -2.14. The fourth-order valence-corrected chi connectivity index (χ4v) is 3.82. The quantitative estimate of drug-likeness (QED) is 0.798. The SMILES string of the molecule is COc1ccc([C@H]2CCCN2C(=O)c2ccc(C(C)=O)s2)cc1. The molecule has 1 atom stereocenters. The highest BCUT2D eigenvalue weighted by atomic mass is 32.1. The van der Waals surface area contributed by atoms with Crippen LogP contribution in [0.25, 0.3) is 0 Å². The molecule has 3 rings (SSSR count). The smallest absolute Gasteiger partial charge is 0.264 e. The maximum Gasteiger partial charge on any atom is 0.264 e. The van der Waals surface area contributed by atoms with Crippen molar-refractivity contribution in [2.45, 2.75) is 25.8 Å². The standard InChI is InChI=1S/C18H19NO3S/c1-12(20)16-9-10-17(23-16)18(21)19-11-3-4-15(19)13-5-7-14(22-2)8-6-13/h5-10,15H,3-4,11H2,1-2H3/t15-/m1/s1. The fourth-order valence-electron chi connectivity index (χ4n) is 2.97. The maximum atomic E-state index is 12.8. The number of ether oxygens (including phenoxy) is 1.